The molecule has 26 heavy (non-hydrogen) atoms. The molecule has 0 atom stereocenters. The van der Waals surface area contributed by atoms with E-state index in [1.165, 1.54) is 12.1 Å². The van der Waals surface area contributed by atoms with Crippen molar-refractivity contribution in [3.8, 4) is 11.5 Å². The number of nitrogens with one attached hydrogen (secondary N) is 1. The molecule has 0 aromatic heterocycles. The van der Waals surface area contributed by atoms with Gasteiger partial charge in [0.1, 0.15) is 5.82 Å². The van der Waals surface area contributed by atoms with Crippen LogP contribution in [0, 0.1) is 5.82 Å². The van der Waals surface area contributed by atoms with Gasteiger partial charge < -0.3 is 14.8 Å². The molecule has 0 saturated heterocycles. The number of benzene rings is 2. The molecule has 0 aliphatic carbocycles. The third-order valence-electron chi connectivity index (χ3n) is 4.05. The van der Waals surface area contributed by atoms with Crippen molar-refractivity contribution >= 4 is 11.7 Å². The van der Waals surface area contributed by atoms with Gasteiger partial charge in [0.2, 0.25) is 5.91 Å². The molecule has 0 saturated carbocycles. The van der Waals surface area contributed by atoms with Gasteiger partial charge in [-0.05, 0) is 35.9 Å². The van der Waals surface area contributed by atoms with Crippen molar-refractivity contribution in [3.63, 3.8) is 0 Å². The third kappa shape index (κ3) is 4.81. The van der Waals surface area contributed by atoms with Crippen LogP contribution in [0.1, 0.15) is 35.2 Å². The average molecular weight is 357 g/mol. The summed E-state index contributed by atoms with van der Waals surface area (Å²) in [6.07, 6.45) is 0.996. The summed E-state index contributed by atoms with van der Waals surface area (Å²) in [7, 11) is 0. The van der Waals surface area contributed by atoms with Crippen molar-refractivity contribution in [1.29, 1.82) is 0 Å². The third-order valence-corrected chi connectivity index (χ3v) is 4.05. The maximum atomic E-state index is 12.8. The molecule has 6 heteroatoms. The zero-order chi connectivity index (χ0) is 18.4. The quantitative estimate of drug-likeness (QED) is 0.806. The van der Waals surface area contributed by atoms with Crippen molar-refractivity contribution in [3.05, 3.63) is 59.4 Å². The Kier molecular flexibility index (Phi) is 5.84. The molecule has 1 heterocycles. The highest BCUT2D eigenvalue weighted by Crippen LogP contribution is 2.30. The van der Waals surface area contributed by atoms with Crippen LogP contribution >= 0.6 is 0 Å². The highest BCUT2D eigenvalue weighted by atomic mass is 19.1. The van der Waals surface area contributed by atoms with Crippen molar-refractivity contribution < 1.29 is 23.5 Å². The van der Waals surface area contributed by atoms with E-state index in [9.17, 15) is 14.0 Å². The lowest BCUT2D eigenvalue weighted by atomic mass is 10.1. The topological polar surface area (TPSA) is 64.6 Å². The van der Waals surface area contributed by atoms with E-state index in [0.717, 1.165) is 12.0 Å². The van der Waals surface area contributed by atoms with Crippen molar-refractivity contribution in [2.45, 2.75) is 25.8 Å². The average Bonchev–Trinajstić information content (AvgIpc) is 2.90. The van der Waals surface area contributed by atoms with Crippen LogP contribution < -0.4 is 14.8 Å². The Bertz CT molecular complexity index is 789. The number of carbonyl (C=O) groups is 2. The molecule has 5 nitrogen and oxygen atoms in total. The Morgan fingerprint density at radius 2 is 1.69 bits per heavy atom. The van der Waals surface area contributed by atoms with Gasteiger partial charge in [-0.2, -0.15) is 0 Å². The second-order valence-corrected chi connectivity index (χ2v) is 6.04. The predicted molar refractivity (Wildman–Crippen MR) is 93.9 cm³/mol. The minimum atomic E-state index is -0.319. The van der Waals surface area contributed by atoms with Crippen LogP contribution in [-0.2, 0) is 11.3 Å². The zero-order valence-electron chi connectivity index (χ0n) is 14.3. The van der Waals surface area contributed by atoms with Crippen LogP contribution in [0.4, 0.5) is 4.39 Å². The Morgan fingerprint density at radius 3 is 2.46 bits per heavy atom. The molecule has 0 spiro atoms. The van der Waals surface area contributed by atoms with Gasteiger partial charge >= 0.3 is 0 Å². The van der Waals surface area contributed by atoms with E-state index in [4.69, 9.17) is 9.47 Å². The Balaban J connectivity index is 1.49. The molecule has 1 amide bonds. The first-order valence-electron chi connectivity index (χ1n) is 8.56. The highest BCUT2D eigenvalue weighted by molar-refractivity contribution is 5.98. The van der Waals surface area contributed by atoms with E-state index in [2.05, 4.69) is 5.32 Å². The molecule has 0 radical (unpaired) electrons. The van der Waals surface area contributed by atoms with Gasteiger partial charge in [-0.1, -0.05) is 12.1 Å². The first-order chi connectivity index (χ1) is 12.6. The Hall–Kier alpha value is -2.89. The summed E-state index contributed by atoms with van der Waals surface area (Å²) in [4.78, 5) is 24.2. The van der Waals surface area contributed by atoms with E-state index in [1.807, 2.05) is 0 Å². The number of Topliss-reactive ketones (excluding diaryl/α,β-unsaturated/α-hetero) is 1. The number of fused-ring (bicyclic) bond motifs is 1. The number of halogens is 1. The molecule has 0 bridgehead atoms. The summed E-state index contributed by atoms with van der Waals surface area (Å²) in [6, 6.07) is 11.0. The van der Waals surface area contributed by atoms with Gasteiger partial charge in [0.15, 0.2) is 17.3 Å². The van der Waals surface area contributed by atoms with Gasteiger partial charge in [-0.15, -0.1) is 0 Å². The summed E-state index contributed by atoms with van der Waals surface area (Å²) >= 11 is 0. The standard InChI is InChI=1S/C20H20FNO4/c21-16-5-2-14(3-6-16)13-22-20(24)9-7-17(23)15-4-8-18-19(12-15)26-11-1-10-25-18/h2-6,8,12H,1,7,9-11,13H2,(H,22,24). The molecule has 1 aliphatic rings. The number of amides is 1. The smallest absolute Gasteiger partial charge is 0.220 e. The van der Waals surface area contributed by atoms with Gasteiger partial charge in [0, 0.05) is 31.4 Å². The lowest BCUT2D eigenvalue weighted by Gasteiger charge is -2.09. The fraction of sp³-hybridized carbons (Fsp3) is 0.300. The van der Waals surface area contributed by atoms with Gasteiger partial charge in [-0.25, -0.2) is 4.39 Å². The second-order valence-electron chi connectivity index (χ2n) is 6.04. The van der Waals surface area contributed by atoms with Crippen molar-refractivity contribution in [2.75, 3.05) is 13.2 Å². The molecular weight excluding hydrogens is 337 g/mol. The highest BCUT2D eigenvalue weighted by Gasteiger charge is 2.15. The van der Waals surface area contributed by atoms with Crippen molar-refractivity contribution in [2.24, 2.45) is 0 Å². The molecule has 0 fully saturated rings. The lowest BCUT2D eigenvalue weighted by molar-refractivity contribution is -0.121. The van der Waals surface area contributed by atoms with E-state index in [1.54, 1.807) is 30.3 Å². The van der Waals surface area contributed by atoms with E-state index in [-0.39, 0.29) is 30.3 Å². The second kappa shape index (κ2) is 8.47. The molecule has 136 valence electrons. The summed E-state index contributed by atoms with van der Waals surface area (Å²) in [5.41, 5.74) is 1.30. The van der Waals surface area contributed by atoms with Crippen LogP contribution in [0.5, 0.6) is 11.5 Å². The summed E-state index contributed by atoms with van der Waals surface area (Å²) < 4.78 is 24.0. The van der Waals surface area contributed by atoms with Gasteiger partial charge in [0.05, 0.1) is 13.2 Å². The normalized spacial score (nSPS) is 13.0. The van der Waals surface area contributed by atoms with Gasteiger partial charge in [-0.3, -0.25) is 9.59 Å². The van der Waals surface area contributed by atoms with Crippen LogP contribution in [0.2, 0.25) is 0 Å². The first kappa shape index (κ1) is 17.9. The lowest BCUT2D eigenvalue weighted by Crippen LogP contribution is -2.23. The fourth-order valence-corrected chi connectivity index (χ4v) is 2.60. The molecule has 1 N–H and O–H groups in total. The predicted octanol–water partition coefficient (Wildman–Crippen LogP) is 3.27. The molecule has 0 unspecified atom stereocenters. The number of rotatable bonds is 6. The van der Waals surface area contributed by atoms with Gasteiger partial charge in [0.25, 0.3) is 0 Å². The van der Waals surface area contributed by atoms with Crippen molar-refractivity contribution in [1.82, 2.24) is 5.32 Å². The summed E-state index contributed by atoms with van der Waals surface area (Å²) in [6.45, 7) is 1.45. The first-order valence-corrected chi connectivity index (χ1v) is 8.56. The van der Waals surface area contributed by atoms with Crippen LogP contribution in [0.15, 0.2) is 42.5 Å². The van der Waals surface area contributed by atoms with E-state index < -0.39 is 0 Å². The van der Waals surface area contributed by atoms with Crippen LogP contribution in [0.3, 0.4) is 0 Å². The molecule has 2 aromatic carbocycles. The summed E-state index contributed by atoms with van der Waals surface area (Å²) in [5.74, 6) is 0.528. The Morgan fingerprint density at radius 1 is 0.962 bits per heavy atom. The van der Waals surface area contributed by atoms with E-state index >= 15 is 0 Å². The van der Waals surface area contributed by atoms with E-state index in [0.29, 0.717) is 36.8 Å². The summed E-state index contributed by atoms with van der Waals surface area (Å²) in [5, 5.41) is 2.73. The molecule has 2 aromatic rings. The Labute approximate surface area is 151 Å². The fourth-order valence-electron chi connectivity index (χ4n) is 2.60. The zero-order valence-corrected chi connectivity index (χ0v) is 14.3. The number of ketones is 1. The molecular formula is C20H20FNO4. The van der Waals surface area contributed by atoms with Crippen LogP contribution in [-0.4, -0.2) is 24.9 Å². The maximum Gasteiger partial charge on any atom is 0.220 e. The minimum absolute atomic E-state index is 0.0917. The molecule has 3 rings (SSSR count). The number of carbonyl (C=O) groups excluding carboxylic acids is 2. The minimum Gasteiger partial charge on any atom is -0.490 e. The largest absolute Gasteiger partial charge is 0.490 e. The monoisotopic (exact) mass is 357 g/mol. The SMILES string of the molecule is O=C(CCC(=O)c1ccc2c(c1)OCCCO2)NCc1ccc(F)cc1. The molecule has 1 aliphatic heterocycles. The number of hydrogen-bond donors (Lipinski definition) is 1. The number of hydrogen-bond acceptors (Lipinski definition) is 4. The maximum absolute atomic E-state index is 12.8. The number of ether oxygens (including phenoxy) is 2. The van der Waals surface area contributed by atoms with Crippen LogP contribution in [0.25, 0.3) is 0 Å².